The first-order valence-electron chi connectivity index (χ1n) is 9.30. The summed E-state index contributed by atoms with van der Waals surface area (Å²) in [5.74, 6) is 0. The van der Waals surface area contributed by atoms with Crippen molar-refractivity contribution in [2.24, 2.45) is 0 Å². The number of aromatic amines is 1. The molecule has 3 rings (SSSR count). The SMILES string of the molecule is CC(C)(C)[Si](C)(C)OC(c1ccc(S(C)(=O)=O)cc1)c1cc2cccnc2[nH]1. The summed E-state index contributed by atoms with van der Waals surface area (Å²) in [6, 6.07) is 13.0. The van der Waals surface area contributed by atoms with Gasteiger partial charge < -0.3 is 9.41 Å². The first-order valence-corrected chi connectivity index (χ1v) is 14.1. The zero-order valence-electron chi connectivity index (χ0n) is 17.3. The van der Waals surface area contributed by atoms with E-state index in [0.29, 0.717) is 4.90 Å². The Morgan fingerprint density at radius 1 is 1.11 bits per heavy atom. The Bertz CT molecular complexity index is 1050. The van der Waals surface area contributed by atoms with Gasteiger partial charge in [-0.3, -0.25) is 0 Å². The Labute approximate surface area is 168 Å². The van der Waals surface area contributed by atoms with Crippen molar-refractivity contribution in [2.45, 2.75) is 49.9 Å². The monoisotopic (exact) mass is 416 g/mol. The van der Waals surface area contributed by atoms with Crippen LogP contribution in [-0.2, 0) is 14.3 Å². The first kappa shape index (κ1) is 20.8. The second-order valence-electron chi connectivity index (χ2n) is 8.77. The van der Waals surface area contributed by atoms with Crippen LogP contribution in [0.2, 0.25) is 18.1 Å². The van der Waals surface area contributed by atoms with Crippen LogP contribution in [0, 0.1) is 0 Å². The van der Waals surface area contributed by atoms with E-state index in [2.05, 4.69) is 49.9 Å². The lowest BCUT2D eigenvalue weighted by molar-refractivity contribution is 0.218. The van der Waals surface area contributed by atoms with Crippen LogP contribution in [-0.4, -0.2) is 33.0 Å². The van der Waals surface area contributed by atoms with Crippen LogP contribution in [0.3, 0.4) is 0 Å². The van der Waals surface area contributed by atoms with Crippen molar-refractivity contribution in [1.82, 2.24) is 9.97 Å². The van der Waals surface area contributed by atoms with Gasteiger partial charge in [0.15, 0.2) is 18.2 Å². The summed E-state index contributed by atoms with van der Waals surface area (Å²) in [7, 11) is -5.33. The maximum Gasteiger partial charge on any atom is 0.193 e. The number of pyridine rings is 1. The molecule has 28 heavy (non-hydrogen) atoms. The van der Waals surface area contributed by atoms with Gasteiger partial charge in [-0.1, -0.05) is 32.9 Å². The molecule has 1 N–H and O–H groups in total. The maximum atomic E-state index is 11.8. The fourth-order valence-corrected chi connectivity index (χ4v) is 4.63. The molecule has 7 heteroatoms. The highest BCUT2D eigenvalue weighted by Gasteiger charge is 2.40. The quantitative estimate of drug-likeness (QED) is 0.589. The average Bonchev–Trinajstić information content (AvgIpc) is 3.02. The van der Waals surface area contributed by atoms with E-state index in [9.17, 15) is 8.42 Å². The highest BCUT2D eigenvalue weighted by molar-refractivity contribution is 7.90. The van der Waals surface area contributed by atoms with Gasteiger partial charge in [0, 0.05) is 23.5 Å². The molecule has 3 aromatic rings. The Balaban J connectivity index is 2.08. The molecule has 5 nitrogen and oxygen atoms in total. The lowest BCUT2D eigenvalue weighted by Crippen LogP contribution is -2.42. The highest BCUT2D eigenvalue weighted by atomic mass is 32.2. The topological polar surface area (TPSA) is 72.1 Å². The molecule has 0 aliphatic rings. The number of nitrogens with zero attached hydrogens (tertiary/aromatic N) is 1. The van der Waals surface area contributed by atoms with E-state index in [4.69, 9.17) is 4.43 Å². The Morgan fingerprint density at radius 2 is 1.75 bits per heavy atom. The normalized spacial score (nSPS) is 14.4. The molecule has 150 valence electrons. The van der Waals surface area contributed by atoms with Gasteiger partial charge in [-0.2, -0.15) is 0 Å². The van der Waals surface area contributed by atoms with Crippen molar-refractivity contribution in [3.63, 3.8) is 0 Å². The van der Waals surface area contributed by atoms with Crippen molar-refractivity contribution in [2.75, 3.05) is 6.26 Å². The average molecular weight is 417 g/mol. The lowest BCUT2D eigenvalue weighted by atomic mass is 10.1. The fourth-order valence-electron chi connectivity index (χ4n) is 2.79. The molecule has 0 radical (unpaired) electrons. The predicted molar refractivity (Wildman–Crippen MR) is 116 cm³/mol. The number of sulfone groups is 1. The molecule has 0 aliphatic carbocycles. The number of benzene rings is 1. The Morgan fingerprint density at radius 3 is 2.29 bits per heavy atom. The highest BCUT2D eigenvalue weighted by Crippen LogP contribution is 2.41. The molecule has 0 fully saturated rings. The number of H-pyrrole nitrogens is 1. The number of hydrogen-bond acceptors (Lipinski definition) is 4. The van der Waals surface area contributed by atoms with Crippen LogP contribution in [0.25, 0.3) is 11.0 Å². The summed E-state index contributed by atoms with van der Waals surface area (Å²) < 4.78 is 30.4. The zero-order valence-corrected chi connectivity index (χ0v) is 19.1. The van der Waals surface area contributed by atoms with Crippen molar-refractivity contribution in [3.8, 4) is 0 Å². The first-order chi connectivity index (χ1) is 12.9. The molecular weight excluding hydrogens is 388 g/mol. The van der Waals surface area contributed by atoms with Crippen molar-refractivity contribution >= 4 is 29.2 Å². The molecule has 1 aromatic carbocycles. The van der Waals surface area contributed by atoms with Gasteiger partial charge in [-0.15, -0.1) is 0 Å². The molecular formula is C21H28N2O3SSi. The smallest absolute Gasteiger partial charge is 0.193 e. The van der Waals surface area contributed by atoms with E-state index in [0.717, 1.165) is 22.3 Å². The summed E-state index contributed by atoms with van der Waals surface area (Å²) >= 11 is 0. The number of hydrogen-bond donors (Lipinski definition) is 1. The third kappa shape index (κ3) is 4.21. The van der Waals surface area contributed by atoms with Crippen LogP contribution >= 0.6 is 0 Å². The summed E-state index contributed by atoms with van der Waals surface area (Å²) in [6.07, 6.45) is 2.66. The molecule has 2 heterocycles. The summed E-state index contributed by atoms with van der Waals surface area (Å²) in [4.78, 5) is 8.08. The maximum absolute atomic E-state index is 11.8. The second-order valence-corrected chi connectivity index (χ2v) is 15.5. The number of nitrogens with one attached hydrogen (secondary N) is 1. The largest absolute Gasteiger partial charge is 0.404 e. The van der Waals surface area contributed by atoms with E-state index >= 15 is 0 Å². The van der Waals surface area contributed by atoms with Gasteiger partial charge in [0.05, 0.1) is 4.90 Å². The summed E-state index contributed by atoms with van der Waals surface area (Å²) in [6.45, 7) is 11.0. The van der Waals surface area contributed by atoms with E-state index < -0.39 is 18.2 Å². The van der Waals surface area contributed by atoms with Crippen LogP contribution in [0.1, 0.15) is 38.1 Å². The van der Waals surface area contributed by atoms with E-state index in [1.54, 1.807) is 18.3 Å². The van der Waals surface area contributed by atoms with Crippen LogP contribution in [0.4, 0.5) is 0 Å². The molecule has 0 spiro atoms. The minimum absolute atomic E-state index is 0.0439. The Kier molecular flexibility index (Phi) is 5.29. The van der Waals surface area contributed by atoms with E-state index in [-0.39, 0.29) is 11.1 Å². The second kappa shape index (κ2) is 7.13. The van der Waals surface area contributed by atoms with Crippen LogP contribution in [0.5, 0.6) is 0 Å². The van der Waals surface area contributed by atoms with Gasteiger partial charge in [-0.25, -0.2) is 13.4 Å². The standard InChI is InChI=1S/C21H28N2O3SSi/c1-21(2,3)28(5,6)26-19(15-9-11-17(12-10-15)27(4,24)25)18-14-16-8-7-13-22-20(16)23-18/h7-14,19H,1-6H3,(H,22,23). The summed E-state index contributed by atoms with van der Waals surface area (Å²) in [5, 5.41) is 1.07. The Hall–Kier alpha value is -1.96. The molecule has 1 atom stereocenters. The minimum atomic E-state index is -3.24. The molecule has 0 amide bonds. The zero-order chi connectivity index (χ0) is 20.7. The van der Waals surface area contributed by atoms with Crippen LogP contribution in [0.15, 0.2) is 53.6 Å². The number of rotatable bonds is 5. The van der Waals surface area contributed by atoms with Crippen molar-refractivity contribution in [3.05, 3.63) is 59.9 Å². The third-order valence-electron chi connectivity index (χ3n) is 5.52. The van der Waals surface area contributed by atoms with Crippen molar-refractivity contribution in [1.29, 1.82) is 0 Å². The minimum Gasteiger partial charge on any atom is -0.404 e. The number of aromatic nitrogens is 2. The fraction of sp³-hybridized carbons (Fsp3) is 0.381. The van der Waals surface area contributed by atoms with Crippen molar-refractivity contribution < 1.29 is 12.8 Å². The third-order valence-corrected chi connectivity index (χ3v) is 11.1. The molecule has 1 unspecified atom stereocenters. The molecule has 2 aromatic heterocycles. The number of fused-ring (bicyclic) bond motifs is 1. The van der Waals surface area contributed by atoms with Gasteiger partial charge in [0.2, 0.25) is 0 Å². The molecule has 0 aliphatic heterocycles. The molecule has 0 saturated heterocycles. The van der Waals surface area contributed by atoms with Crippen LogP contribution < -0.4 is 0 Å². The van der Waals surface area contributed by atoms with E-state index in [1.807, 2.05) is 24.3 Å². The summed E-state index contributed by atoms with van der Waals surface area (Å²) in [5.41, 5.74) is 2.66. The molecule has 0 saturated carbocycles. The predicted octanol–water partition coefficient (Wildman–Crippen LogP) is 5.08. The lowest BCUT2D eigenvalue weighted by Gasteiger charge is -2.39. The van der Waals surface area contributed by atoms with Gasteiger partial charge >= 0.3 is 0 Å². The van der Waals surface area contributed by atoms with Gasteiger partial charge in [0.25, 0.3) is 0 Å². The van der Waals surface area contributed by atoms with Gasteiger partial charge in [0.1, 0.15) is 11.8 Å². The van der Waals surface area contributed by atoms with E-state index in [1.165, 1.54) is 6.26 Å². The molecule has 0 bridgehead atoms. The van der Waals surface area contributed by atoms with Gasteiger partial charge in [-0.05, 0) is 54.0 Å².